The van der Waals surface area contributed by atoms with Crippen LogP contribution in [0.5, 0.6) is 0 Å². The predicted octanol–water partition coefficient (Wildman–Crippen LogP) is 0.957. The van der Waals surface area contributed by atoms with E-state index >= 15 is 0 Å². The number of carbonyl (C=O) groups is 1. The fourth-order valence-corrected chi connectivity index (χ4v) is 2.84. The molecule has 1 aromatic rings. The number of amides is 1. The van der Waals surface area contributed by atoms with E-state index in [1.165, 1.54) is 0 Å². The molecule has 1 fully saturated rings. The molecule has 5 nitrogen and oxygen atoms in total. The first-order valence-electron chi connectivity index (χ1n) is 5.90. The van der Waals surface area contributed by atoms with Crippen LogP contribution in [0, 0.1) is 5.92 Å². The average Bonchev–Trinajstić information content (AvgIpc) is 3.07. The zero-order valence-electron chi connectivity index (χ0n) is 10.2. The smallest absolute Gasteiger partial charge is 0.223 e. The number of hydrogen-bond donors (Lipinski definition) is 2. The third-order valence-electron chi connectivity index (χ3n) is 3.09. The lowest BCUT2D eigenvalue weighted by atomic mass is 10.1. The van der Waals surface area contributed by atoms with Crippen LogP contribution in [0.1, 0.15) is 17.9 Å². The Morgan fingerprint density at radius 1 is 1.47 bits per heavy atom. The normalized spacial score (nSPS) is 22.0. The molecule has 3 N–H and O–H groups in total. The lowest BCUT2D eigenvalue weighted by Gasteiger charge is -2.04. The monoisotopic (exact) mass is 346 g/mol. The van der Waals surface area contributed by atoms with E-state index in [-0.39, 0.29) is 30.0 Å². The van der Waals surface area contributed by atoms with Crippen LogP contribution < -0.4 is 10.5 Å². The minimum Gasteiger partial charge on any atom is -0.355 e. The van der Waals surface area contributed by atoms with Crippen molar-refractivity contribution in [1.29, 1.82) is 0 Å². The van der Waals surface area contributed by atoms with E-state index in [1.807, 2.05) is 24.3 Å². The van der Waals surface area contributed by atoms with Crippen molar-refractivity contribution in [2.24, 2.45) is 11.1 Å². The Hall–Kier alpha value is -0.920. The summed E-state index contributed by atoms with van der Waals surface area (Å²) in [5, 5.41) is 7.47. The van der Waals surface area contributed by atoms with E-state index in [2.05, 4.69) is 21.2 Å². The van der Waals surface area contributed by atoms with Crippen molar-refractivity contribution in [2.45, 2.75) is 12.3 Å². The average molecular weight is 347 g/mol. The Balaban J connectivity index is 1.84. The molecule has 0 saturated heterocycles. The second-order valence-corrected chi connectivity index (χ2v) is 7.31. The van der Waals surface area contributed by atoms with Crippen LogP contribution in [0.4, 0.5) is 0 Å². The van der Waals surface area contributed by atoms with E-state index in [9.17, 15) is 13.2 Å². The van der Waals surface area contributed by atoms with Crippen LogP contribution in [-0.2, 0) is 14.8 Å². The van der Waals surface area contributed by atoms with Crippen LogP contribution >= 0.6 is 15.9 Å². The molecule has 1 aromatic carbocycles. The molecule has 19 heavy (non-hydrogen) atoms. The Morgan fingerprint density at radius 2 is 2.21 bits per heavy atom. The summed E-state index contributed by atoms with van der Waals surface area (Å²) in [5.41, 5.74) is 1.13. The van der Waals surface area contributed by atoms with Gasteiger partial charge in [-0.05, 0) is 30.0 Å². The Kier molecular flexibility index (Phi) is 4.27. The summed E-state index contributed by atoms with van der Waals surface area (Å²) >= 11 is 3.40. The highest BCUT2D eigenvalue weighted by atomic mass is 79.9. The lowest BCUT2D eigenvalue weighted by Crippen LogP contribution is -2.32. The molecule has 0 radical (unpaired) electrons. The molecule has 2 atom stereocenters. The first-order valence-corrected chi connectivity index (χ1v) is 8.41. The van der Waals surface area contributed by atoms with Gasteiger partial charge in [0.2, 0.25) is 15.9 Å². The largest absolute Gasteiger partial charge is 0.355 e. The third-order valence-corrected chi connectivity index (χ3v) is 4.36. The van der Waals surface area contributed by atoms with E-state index in [0.29, 0.717) is 0 Å². The van der Waals surface area contributed by atoms with Gasteiger partial charge in [0.05, 0.1) is 5.75 Å². The maximum atomic E-state index is 11.8. The van der Waals surface area contributed by atoms with Crippen molar-refractivity contribution in [2.75, 3.05) is 12.3 Å². The maximum Gasteiger partial charge on any atom is 0.223 e. The molecule has 0 spiro atoms. The molecule has 2 rings (SSSR count). The fraction of sp³-hybridized carbons (Fsp3) is 0.417. The standard InChI is InChI=1S/C12H15BrN2O3S/c13-9-3-1-2-8(6-9)10-7-11(10)12(16)15-4-5-19(14,17)18/h1-3,6,10-11H,4-5,7H2,(H,15,16)(H2,14,17,18)/t10-,11-/m0/s1. The van der Waals surface area contributed by atoms with Gasteiger partial charge in [-0.2, -0.15) is 0 Å². The van der Waals surface area contributed by atoms with E-state index in [1.54, 1.807) is 0 Å². The number of halogens is 1. The molecule has 104 valence electrons. The molecule has 1 saturated carbocycles. The highest BCUT2D eigenvalue weighted by Gasteiger charge is 2.43. The van der Waals surface area contributed by atoms with Crippen LogP contribution in [0.2, 0.25) is 0 Å². The van der Waals surface area contributed by atoms with Crippen molar-refractivity contribution in [3.8, 4) is 0 Å². The number of hydrogen-bond acceptors (Lipinski definition) is 3. The predicted molar refractivity (Wildman–Crippen MR) is 76.0 cm³/mol. The molecule has 0 heterocycles. The summed E-state index contributed by atoms with van der Waals surface area (Å²) in [6.45, 7) is 0.0688. The number of rotatable bonds is 5. The topological polar surface area (TPSA) is 89.3 Å². The number of primary sulfonamides is 1. The van der Waals surface area contributed by atoms with Crippen LogP contribution in [0.25, 0.3) is 0 Å². The Morgan fingerprint density at radius 3 is 2.84 bits per heavy atom. The van der Waals surface area contributed by atoms with Gasteiger partial charge in [-0.3, -0.25) is 4.79 Å². The summed E-state index contributed by atoms with van der Waals surface area (Å²) in [7, 11) is -3.52. The minimum absolute atomic E-state index is 0.0604. The summed E-state index contributed by atoms with van der Waals surface area (Å²) in [5.74, 6) is -0.164. The zero-order valence-corrected chi connectivity index (χ0v) is 12.6. The summed E-state index contributed by atoms with van der Waals surface area (Å²) in [6, 6.07) is 7.87. The first kappa shape index (κ1) is 14.5. The number of benzene rings is 1. The number of nitrogens with one attached hydrogen (secondary N) is 1. The van der Waals surface area contributed by atoms with Crippen molar-refractivity contribution in [3.05, 3.63) is 34.3 Å². The second-order valence-electron chi connectivity index (χ2n) is 4.66. The SMILES string of the molecule is NS(=O)(=O)CCNC(=O)[C@H]1C[C@H]1c1cccc(Br)c1. The van der Waals surface area contributed by atoms with Gasteiger partial charge in [0.25, 0.3) is 0 Å². The Bertz CT molecular complexity index is 588. The van der Waals surface area contributed by atoms with Gasteiger partial charge in [-0.15, -0.1) is 0 Å². The number of sulfonamides is 1. The maximum absolute atomic E-state index is 11.8. The minimum atomic E-state index is -3.52. The van der Waals surface area contributed by atoms with E-state index in [0.717, 1.165) is 16.5 Å². The summed E-state index contributed by atoms with van der Waals surface area (Å²) in [4.78, 5) is 11.8. The lowest BCUT2D eigenvalue weighted by molar-refractivity contribution is -0.122. The van der Waals surface area contributed by atoms with Crippen LogP contribution in [0.3, 0.4) is 0 Å². The molecule has 0 unspecified atom stereocenters. The van der Waals surface area contributed by atoms with Crippen molar-refractivity contribution >= 4 is 31.9 Å². The molecule has 1 aliphatic carbocycles. The van der Waals surface area contributed by atoms with Crippen molar-refractivity contribution in [1.82, 2.24) is 5.32 Å². The van der Waals surface area contributed by atoms with Gasteiger partial charge in [0.1, 0.15) is 0 Å². The quantitative estimate of drug-likeness (QED) is 0.831. The molecule has 0 aromatic heterocycles. The van der Waals surface area contributed by atoms with E-state index < -0.39 is 10.0 Å². The molecule has 0 aliphatic heterocycles. The third kappa shape index (κ3) is 4.29. The van der Waals surface area contributed by atoms with Crippen LogP contribution in [0.15, 0.2) is 28.7 Å². The number of carbonyl (C=O) groups excluding carboxylic acids is 1. The molecule has 1 aliphatic rings. The van der Waals surface area contributed by atoms with Crippen LogP contribution in [-0.4, -0.2) is 26.6 Å². The molecular formula is C12H15BrN2O3S. The Labute approximate surface area is 120 Å². The first-order chi connectivity index (χ1) is 8.87. The van der Waals surface area contributed by atoms with Crippen molar-refractivity contribution in [3.63, 3.8) is 0 Å². The second kappa shape index (κ2) is 5.60. The van der Waals surface area contributed by atoms with Gasteiger partial charge in [-0.1, -0.05) is 28.1 Å². The molecular weight excluding hydrogens is 332 g/mol. The summed E-state index contributed by atoms with van der Waals surface area (Å²) in [6.07, 6.45) is 0.803. The van der Waals surface area contributed by atoms with E-state index in [4.69, 9.17) is 5.14 Å². The summed E-state index contributed by atoms with van der Waals surface area (Å²) < 4.78 is 22.5. The molecule has 0 bridgehead atoms. The van der Waals surface area contributed by atoms with Gasteiger partial charge >= 0.3 is 0 Å². The zero-order chi connectivity index (χ0) is 14.0. The van der Waals surface area contributed by atoms with Crippen molar-refractivity contribution < 1.29 is 13.2 Å². The van der Waals surface area contributed by atoms with Gasteiger partial charge in [-0.25, -0.2) is 13.6 Å². The van der Waals surface area contributed by atoms with Gasteiger partial charge in [0, 0.05) is 16.9 Å². The number of nitrogens with two attached hydrogens (primary N) is 1. The molecule has 1 amide bonds. The van der Waals surface area contributed by atoms with Gasteiger partial charge < -0.3 is 5.32 Å². The molecule has 7 heteroatoms. The van der Waals surface area contributed by atoms with Gasteiger partial charge in [0.15, 0.2) is 0 Å². The highest BCUT2D eigenvalue weighted by Crippen LogP contribution is 2.47. The highest BCUT2D eigenvalue weighted by molar-refractivity contribution is 9.10. The fourth-order valence-electron chi connectivity index (χ4n) is 2.04.